The summed E-state index contributed by atoms with van der Waals surface area (Å²) in [5.74, 6) is 0.366. The number of fused-ring (bicyclic) bond motifs is 1. The van der Waals surface area contributed by atoms with E-state index in [-0.39, 0.29) is 11.7 Å². The summed E-state index contributed by atoms with van der Waals surface area (Å²) in [6.07, 6.45) is 4.18. The monoisotopic (exact) mass is 443 g/mol. The van der Waals surface area contributed by atoms with E-state index in [1.165, 1.54) is 9.56 Å². The number of nitrogens with one attached hydrogen (secondary N) is 1. The zero-order valence-electron chi connectivity index (χ0n) is 16.4. The van der Waals surface area contributed by atoms with E-state index in [2.05, 4.69) is 20.3 Å². The molecule has 2 aromatic heterocycles. The SMILES string of the molecule is O=c1c(OC2CCc3ncsc3C2)c(N2CCNCC2)cnn1-c1cccc(Cl)c1. The summed E-state index contributed by atoms with van der Waals surface area (Å²) in [4.78, 5) is 21.3. The summed E-state index contributed by atoms with van der Waals surface area (Å²) in [7, 11) is 0. The van der Waals surface area contributed by atoms with Crippen LogP contribution in [0.4, 0.5) is 5.69 Å². The number of nitrogens with zero attached hydrogens (tertiary/aromatic N) is 4. The Balaban J connectivity index is 1.53. The predicted octanol–water partition coefficient (Wildman–Crippen LogP) is 2.69. The van der Waals surface area contributed by atoms with Gasteiger partial charge in [0.2, 0.25) is 5.75 Å². The molecule has 3 aromatic rings. The molecule has 1 aromatic carbocycles. The van der Waals surface area contributed by atoms with Crippen LogP contribution in [0.1, 0.15) is 17.0 Å². The predicted molar refractivity (Wildman–Crippen MR) is 118 cm³/mol. The van der Waals surface area contributed by atoms with Crippen molar-refractivity contribution in [1.29, 1.82) is 0 Å². The van der Waals surface area contributed by atoms with E-state index < -0.39 is 0 Å². The first-order valence-corrected chi connectivity index (χ1v) is 11.4. The molecule has 7 nitrogen and oxygen atoms in total. The fraction of sp³-hybridized carbons (Fsp3) is 0.381. The van der Waals surface area contributed by atoms with Crippen LogP contribution in [0.5, 0.6) is 5.75 Å². The lowest BCUT2D eigenvalue weighted by molar-refractivity contribution is 0.182. The average Bonchev–Trinajstić information content (AvgIpc) is 3.23. The second-order valence-electron chi connectivity index (χ2n) is 7.50. The number of aryl methyl sites for hydroxylation is 1. The first-order chi connectivity index (χ1) is 14.7. The number of halogens is 1. The molecule has 1 saturated heterocycles. The molecule has 9 heteroatoms. The highest BCUT2D eigenvalue weighted by Crippen LogP contribution is 2.30. The summed E-state index contributed by atoms with van der Waals surface area (Å²) in [5, 5.41) is 8.34. The number of piperazine rings is 1. The summed E-state index contributed by atoms with van der Waals surface area (Å²) in [6, 6.07) is 7.13. The van der Waals surface area contributed by atoms with Crippen LogP contribution in [0.2, 0.25) is 5.02 Å². The van der Waals surface area contributed by atoms with Gasteiger partial charge in [-0.2, -0.15) is 9.78 Å². The molecule has 156 valence electrons. The highest BCUT2D eigenvalue weighted by atomic mass is 35.5. The highest BCUT2D eigenvalue weighted by Gasteiger charge is 2.27. The number of rotatable bonds is 4. The number of ether oxygens (including phenoxy) is 1. The van der Waals surface area contributed by atoms with Gasteiger partial charge in [0.25, 0.3) is 0 Å². The third kappa shape index (κ3) is 3.82. The van der Waals surface area contributed by atoms with Gasteiger partial charge in [-0.15, -0.1) is 11.3 Å². The molecule has 0 spiro atoms. The van der Waals surface area contributed by atoms with Crippen LogP contribution >= 0.6 is 22.9 Å². The van der Waals surface area contributed by atoms with Crippen LogP contribution in [0.25, 0.3) is 5.69 Å². The van der Waals surface area contributed by atoms with Crippen molar-refractivity contribution in [3.63, 3.8) is 0 Å². The standard InChI is InChI=1S/C21H22ClN5O2S/c22-14-2-1-3-15(10-14)27-21(28)20(18(12-25-27)26-8-6-23-7-9-26)29-16-4-5-17-19(11-16)30-13-24-17/h1-3,10,12-13,16,23H,4-9,11H2. The molecule has 3 heterocycles. The third-order valence-electron chi connectivity index (χ3n) is 5.55. The van der Waals surface area contributed by atoms with Gasteiger partial charge < -0.3 is 15.0 Å². The van der Waals surface area contributed by atoms with Gasteiger partial charge >= 0.3 is 5.56 Å². The molecule has 1 aliphatic heterocycles. The Morgan fingerprint density at radius 2 is 2.13 bits per heavy atom. The van der Waals surface area contributed by atoms with E-state index >= 15 is 0 Å². The molecule has 1 atom stereocenters. The quantitative estimate of drug-likeness (QED) is 0.668. The van der Waals surface area contributed by atoms with Crippen molar-refractivity contribution in [2.75, 3.05) is 31.1 Å². The van der Waals surface area contributed by atoms with E-state index in [0.29, 0.717) is 16.5 Å². The van der Waals surface area contributed by atoms with Crippen LogP contribution in [0.3, 0.4) is 0 Å². The Kier molecular flexibility index (Phi) is 5.45. The Labute approximate surface area is 183 Å². The summed E-state index contributed by atoms with van der Waals surface area (Å²) < 4.78 is 7.77. The maximum Gasteiger partial charge on any atom is 0.316 e. The maximum atomic E-state index is 13.5. The van der Waals surface area contributed by atoms with Crippen molar-refractivity contribution < 1.29 is 4.74 Å². The van der Waals surface area contributed by atoms with Crippen molar-refractivity contribution in [3.05, 3.63) is 61.9 Å². The number of hydrogen-bond donors (Lipinski definition) is 1. The zero-order valence-corrected chi connectivity index (χ0v) is 18.0. The van der Waals surface area contributed by atoms with Crippen molar-refractivity contribution in [1.82, 2.24) is 20.1 Å². The van der Waals surface area contributed by atoms with Crippen molar-refractivity contribution >= 4 is 28.6 Å². The summed E-state index contributed by atoms with van der Waals surface area (Å²) in [6.45, 7) is 3.35. The highest BCUT2D eigenvalue weighted by molar-refractivity contribution is 7.09. The fourth-order valence-corrected chi connectivity index (χ4v) is 5.06. The van der Waals surface area contributed by atoms with Crippen molar-refractivity contribution in [2.24, 2.45) is 0 Å². The zero-order chi connectivity index (χ0) is 20.5. The van der Waals surface area contributed by atoms with Crippen LogP contribution in [-0.4, -0.2) is 47.0 Å². The van der Waals surface area contributed by atoms with Gasteiger partial charge in [0.1, 0.15) is 11.8 Å². The van der Waals surface area contributed by atoms with E-state index in [9.17, 15) is 4.79 Å². The lowest BCUT2D eigenvalue weighted by Crippen LogP contribution is -2.44. The smallest absolute Gasteiger partial charge is 0.316 e. The minimum Gasteiger partial charge on any atom is -0.483 e. The van der Waals surface area contributed by atoms with Gasteiger partial charge in [-0.05, 0) is 31.0 Å². The Bertz CT molecular complexity index is 1110. The molecule has 5 rings (SSSR count). The lowest BCUT2D eigenvalue weighted by Gasteiger charge is -2.31. The van der Waals surface area contributed by atoms with Crippen LogP contribution in [0, 0.1) is 0 Å². The number of anilines is 1. The van der Waals surface area contributed by atoms with E-state index in [0.717, 1.165) is 56.8 Å². The molecule has 1 aliphatic carbocycles. The minimum atomic E-state index is -0.261. The molecule has 0 radical (unpaired) electrons. The van der Waals surface area contributed by atoms with Gasteiger partial charge in [-0.1, -0.05) is 17.7 Å². The van der Waals surface area contributed by atoms with Crippen molar-refractivity contribution in [2.45, 2.75) is 25.4 Å². The van der Waals surface area contributed by atoms with Crippen LogP contribution < -0.4 is 20.5 Å². The van der Waals surface area contributed by atoms with E-state index in [4.69, 9.17) is 16.3 Å². The first-order valence-electron chi connectivity index (χ1n) is 10.1. The Hall–Kier alpha value is -2.42. The summed E-state index contributed by atoms with van der Waals surface area (Å²) >= 11 is 7.80. The van der Waals surface area contributed by atoms with Crippen LogP contribution in [0.15, 0.2) is 40.8 Å². The van der Waals surface area contributed by atoms with Gasteiger partial charge in [0.05, 0.1) is 23.1 Å². The van der Waals surface area contributed by atoms with E-state index in [1.807, 2.05) is 17.6 Å². The number of hydrogen-bond acceptors (Lipinski definition) is 7. The normalized spacial score (nSPS) is 18.8. The molecule has 1 unspecified atom stereocenters. The molecular formula is C21H22ClN5O2S. The lowest BCUT2D eigenvalue weighted by atomic mass is 10.00. The number of benzene rings is 1. The Morgan fingerprint density at radius 3 is 2.97 bits per heavy atom. The number of aromatic nitrogens is 3. The largest absolute Gasteiger partial charge is 0.483 e. The van der Waals surface area contributed by atoms with Crippen molar-refractivity contribution in [3.8, 4) is 11.4 Å². The van der Waals surface area contributed by atoms with Gasteiger partial charge in [0, 0.05) is 42.5 Å². The third-order valence-corrected chi connectivity index (χ3v) is 6.68. The molecule has 2 aliphatic rings. The first kappa shape index (κ1) is 19.5. The second kappa shape index (κ2) is 8.37. The molecule has 0 amide bonds. The fourth-order valence-electron chi connectivity index (χ4n) is 4.00. The molecule has 0 bridgehead atoms. The van der Waals surface area contributed by atoms with Gasteiger partial charge in [0.15, 0.2) is 0 Å². The topological polar surface area (TPSA) is 72.3 Å². The average molecular weight is 444 g/mol. The molecular weight excluding hydrogens is 422 g/mol. The Morgan fingerprint density at radius 1 is 1.27 bits per heavy atom. The summed E-state index contributed by atoms with van der Waals surface area (Å²) in [5.41, 5.74) is 4.17. The minimum absolute atomic E-state index is 0.0532. The second-order valence-corrected chi connectivity index (χ2v) is 8.87. The van der Waals surface area contributed by atoms with Gasteiger partial charge in [-0.3, -0.25) is 4.79 Å². The molecule has 1 N–H and O–H groups in total. The molecule has 0 saturated carbocycles. The molecule has 1 fully saturated rings. The van der Waals surface area contributed by atoms with E-state index in [1.54, 1.807) is 29.7 Å². The van der Waals surface area contributed by atoms with Crippen LogP contribution in [-0.2, 0) is 12.8 Å². The molecule has 30 heavy (non-hydrogen) atoms. The maximum absolute atomic E-state index is 13.5. The number of thiazole rings is 1. The van der Waals surface area contributed by atoms with Gasteiger partial charge in [-0.25, -0.2) is 4.98 Å².